The average Bonchev–Trinajstić information content (AvgIpc) is 1.76. The van der Waals surface area contributed by atoms with E-state index in [1.807, 2.05) is 0 Å². The molecule has 0 heterocycles. The molecular formula is C8H15NaO8. The average molecular weight is 262 g/mol. The van der Waals surface area contributed by atoms with Crippen LogP contribution in [0, 0.1) is 0 Å². The molecule has 0 fully saturated rings. The summed E-state index contributed by atoms with van der Waals surface area (Å²) in [7, 11) is 0. The first-order valence-corrected chi connectivity index (χ1v) is 3.69. The van der Waals surface area contributed by atoms with Gasteiger partial charge in [0.25, 0.3) is 17.9 Å². The SMILES string of the molecule is CC(=O)O.CC(=O)O.CC(=O)O.CC(=O)[O-].[Na+]. The number of hydrogen-bond acceptors (Lipinski definition) is 5. The molecule has 0 saturated heterocycles. The molecule has 9 heteroatoms. The zero-order chi connectivity index (χ0) is 14.3. The molecule has 17 heavy (non-hydrogen) atoms. The van der Waals surface area contributed by atoms with Gasteiger partial charge in [-0.15, -0.1) is 0 Å². The Hall–Kier alpha value is -1.12. The summed E-state index contributed by atoms with van der Waals surface area (Å²) in [6.07, 6.45) is 0. The summed E-state index contributed by atoms with van der Waals surface area (Å²) in [5, 5.41) is 31.1. The van der Waals surface area contributed by atoms with Crippen molar-refractivity contribution in [3.8, 4) is 0 Å². The van der Waals surface area contributed by atoms with Crippen molar-refractivity contribution in [3.05, 3.63) is 0 Å². The van der Waals surface area contributed by atoms with Gasteiger partial charge < -0.3 is 25.2 Å². The number of aliphatic carboxylic acids is 4. The van der Waals surface area contributed by atoms with Crippen LogP contribution in [-0.4, -0.2) is 39.2 Å². The van der Waals surface area contributed by atoms with Gasteiger partial charge in [0.2, 0.25) is 0 Å². The monoisotopic (exact) mass is 262 g/mol. The van der Waals surface area contributed by atoms with Crippen LogP contribution in [0.4, 0.5) is 0 Å². The largest absolute Gasteiger partial charge is 1.00 e. The van der Waals surface area contributed by atoms with Crippen LogP contribution in [0.5, 0.6) is 0 Å². The summed E-state index contributed by atoms with van der Waals surface area (Å²) in [5.74, 6) is -3.58. The Balaban J connectivity index is -0.0000000369. The standard InChI is InChI=1S/4C2H4O2.Na/c4*1-2(3)4;/h4*1H3,(H,3,4);/q;;;;+1/p-1. The molecular weight excluding hydrogens is 247 g/mol. The van der Waals surface area contributed by atoms with E-state index in [0.717, 1.165) is 27.7 Å². The van der Waals surface area contributed by atoms with Crippen LogP contribution in [0.15, 0.2) is 0 Å². The van der Waals surface area contributed by atoms with Crippen molar-refractivity contribution < 1.29 is 69.2 Å². The summed E-state index contributed by atoms with van der Waals surface area (Å²) in [4.78, 5) is 35.9. The van der Waals surface area contributed by atoms with E-state index >= 15 is 0 Å². The van der Waals surface area contributed by atoms with Gasteiger partial charge in [-0.2, -0.15) is 0 Å². The Morgan fingerprint density at radius 2 is 0.706 bits per heavy atom. The van der Waals surface area contributed by atoms with Gasteiger partial charge in [0.15, 0.2) is 0 Å². The minimum atomic E-state index is -1.08. The summed E-state index contributed by atoms with van der Waals surface area (Å²) in [6.45, 7) is 4.22. The Morgan fingerprint density at radius 1 is 0.706 bits per heavy atom. The maximum Gasteiger partial charge on any atom is 1.00 e. The van der Waals surface area contributed by atoms with E-state index in [9.17, 15) is 0 Å². The van der Waals surface area contributed by atoms with E-state index in [4.69, 9.17) is 39.6 Å². The van der Waals surface area contributed by atoms with E-state index in [-0.39, 0.29) is 29.6 Å². The first-order chi connectivity index (χ1) is 6.93. The summed E-state index contributed by atoms with van der Waals surface area (Å²) in [5.41, 5.74) is 0. The van der Waals surface area contributed by atoms with Crippen molar-refractivity contribution in [2.24, 2.45) is 0 Å². The molecule has 0 aliphatic carbocycles. The van der Waals surface area contributed by atoms with Gasteiger partial charge >= 0.3 is 29.6 Å². The zero-order valence-corrected chi connectivity index (χ0v) is 12.4. The van der Waals surface area contributed by atoms with Gasteiger partial charge in [0.1, 0.15) is 0 Å². The van der Waals surface area contributed by atoms with Crippen LogP contribution < -0.4 is 34.7 Å². The number of carboxylic acids is 4. The topological polar surface area (TPSA) is 152 Å². The summed E-state index contributed by atoms with van der Waals surface area (Å²) >= 11 is 0. The molecule has 0 atom stereocenters. The van der Waals surface area contributed by atoms with Crippen LogP contribution in [-0.2, 0) is 19.2 Å². The number of carbonyl (C=O) groups is 4. The zero-order valence-electron chi connectivity index (χ0n) is 10.4. The molecule has 0 rings (SSSR count). The minimum absolute atomic E-state index is 0. The molecule has 0 saturated carbocycles. The van der Waals surface area contributed by atoms with E-state index in [1.54, 1.807) is 0 Å². The maximum atomic E-state index is 9.00. The quantitative estimate of drug-likeness (QED) is 0.374. The number of carbonyl (C=O) groups excluding carboxylic acids is 1. The Labute approximate surface area is 121 Å². The molecule has 0 spiro atoms. The van der Waals surface area contributed by atoms with Gasteiger partial charge in [-0.3, -0.25) is 14.4 Å². The van der Waals surface area contributed by atoms with Crippen molar-refractivity contribution in [2.75, 3.05) is 0 Å². The van der Waals surface area contributed by atoms with Crippen molar-refractivity contribution in [2.45, 2.75) is 27.7 Å². The first kappa shape index (κ1) is 29.7. The molecule has 0 radical (unpaired) electrons. The Kier molecular flexibility index (Phi) is 42.3. The van der Waals surface area contributed by atoms with E-state index < -0.39 is 23.9 Å². The third-order valence-electron chi connectivity index (χ3n) is 0. The van der Waals surface area contributed by atoms with Crippen LogP contribution >= 0.6 is 0 Å². The van der Waals surface area contributed by atoms with Gasteiger partial charge in [-0.05, 0) is 6.92 Å². The molecule has 0 aromatic carbocycles. The molecule has 0 bridgehead atoms. The van der Waals surface area contributed by atoms with E-state index in [0.29, 0.717) is 0 Å². The van der Waals surface area contributed by atoms with Crippen LogP contribution in [0.25, 0.3) is 0 Å². The van der Waals surface area contributed by atoms with E-state index in [2.05, 4.69) is 0 Å². The Morgan fingerprint density at radius 3 is 0.706 bits per heavy atom. The molecule has 96 valence electrons. The second kappa shape index (κ2) is 24.2. The summed E-state index contributed by atoms with van der Waals surface area (Å²) < 4.78 is 0. The van der Waals surface area contributed by atoms with Crippen molar-refractivity contribution in [1.29, 1.82) is 0 Å². The fraction of sp³-hybridized carbons (Fsp3) is 0.500. The molecule has 0 unspecified atom stereocenters. The molecule has 3 N–H and O–H groups in total. The molecule has 0 aromatic rings. The molecule has 0 aromatic heterocycles. The predicted molar refractivity (Wildman–Crippen MR) is 50.6 cm³/mol. The number of carboxylic acid groups (broad SMARTS) is 4. The number of rotatable bonds is 0. The first-order valence-electron chi connectivity index (χ1n) is 3.69. The molecule has 0 amide bonds. The third-order valence-corrected chi connectivity index (χ3v) is 0. The van der Waals surface area contributed by atoms with Gasteiger partial charge in [-0.25, -0.2) is 0 Å². The van der Waals surface area contributed by atoms with Crippen LogP contribution in [0.2, 0.25) is 0 Å². The fourth-order valence-corrected chi connectivity index (χ4v) is 0. The smallest absolute Gasteiger partial charge is 0.550 e. The second-order valence-corrected chi connectivity index (χ2v) is 2.05. The van der Waals surface area contributed by atoms with Crippen molar-refractivity contribution >= 4 is 23.9 Å². The van der Waals surface area contributed by atoms with E-state index in [1.165, 1.54) is 0 Å². The normalized spacial score (nSPS) is 5.88. The second-order valence-electron chi connectivity index (χ2n) is 2.05. The number of hydrogen-bond donors (Lipinski definition) is 3. The molecule has 0 aliphatic rings. The van der Waals surface area contributed by atoms with Crippen molar-refractivity contribution in [3.63, 3.8) is 0 Å². The van der Waals surface area contributed by atoms with Gasteiger partial charge in [-0.1, -0.05) is 0 Å². The minimum Gasteiger partial charge on any atom is -0.550 e. The molecule has 0 aliphatic heterocycles. The van der Waals surface area contributed by atoms with Crippen molar-refractivity contribution in [1.82, 2.24) is 0 Å². The maximum absolute atomic E-state index is 9.00. The molecule has 8 nitrogen and oxygen atoms in total. The fourth-order valence-electron chi connectivity index (χ4n) is 0. The van der Waals surface area contributed by atoms with Gasteiger partial charge in [0.05, 0.1) is 0 Å². The van der Waals surface area contributed by atoms with Crippen LogP contribution in [0.1, 0.15) is 27.7 Å². The summed E-state index contributed by atoms with van der Waals surface area (Å²) in [6, 6.07) is 0. The predicted octanol–water partition coefficient (Wildman–Crippen LogP) is -3.97. The van der Waals surface area contributed by atoms with Crippen LogP contribution in [0.3, 0.4) is 0 Å². The third kappa shape index (κ3) is 1970. The van der Waals surface area contributed by atoms with Gasteiger partial charge in [0, 0.05) is 26.7 Å². The Bertz CT molecular complexity index is 162.